The van der Waals surface area contributed by atoms with Gasteiger partial charge < -0.3 is 5.32 Å². The lowest BCUT2D eigenvalue weighted by Gasteiger charge is -2.57. The summed E-state index contributed by atoms with van der Waals surface area (Å²) >= 11 is 0. The molecular weight excluding hydrogens is 408 g/mol. The number of carbonyl (C=O) groups is 1. The first kappa shape index (κ1) is 20.6. The van der Waals surface area contributed by atoms with Crippen molar-refractivity contribution in [3.63, 3.8) is 0 Å². The highest BCUT2D eigenvalue weighted by Gasteiger charge is 2.51. The van der Waals surface area contributed by atoms with Crippen molar-refractivity contribution in [1.82, 2.24) is 0 Å². The molecular formula is C25H30N2O3S. The Kier molecular flexibility index (Phi) is 5.08. The number of benzene rings is 2. The van der Waals surface area contributed by atoms with E-state index in [0.717, 1.165) is 28.3 Å². The highest BCUT2D eigenvalue weighted by molar-refractivity contribution is 7.92. The van der Waals surface area contributed by atoms with E-state index in [-0.39, 0.29) is 12.5 Å². The number of nitrogens with zero attached hydrogens (tertiary/aromatic N) is 1. The highest BCUT2D eigenvalue weighted by atomic mass is 32.2. The number of hydrogen-bond donors (Lipinski definition) is 1. The third kappa shape index (κ3) is 4.10. The minimum Gasteiger partial charge on any atom is -0.325 e. The number of sulfonamides is 1. The van der Waals surface area contributed by atoms with E-state index in [1.807, 2.05) is 18.2 Å². The number of rotatable bonds is 6. The van der Waals surface area contributed by atoms with Crippen molar-refractivity contribution >= 4 is 27.3 Å². The van der Waals surface area contributed by atoms with E-state index in [4.69, 9.17) is 0 Å². The lowest BCUT2D eigenvalue weighted by molar-refractivity contribution is -0.114. The van der Waals surface area contributed by atoms with Crippen LogP contribution in [0.1, 0.15) is 44.1 Å². The molecule has 0 spiro atoms. The largest absolute Gasteiger partial charge is 0.325 e. The molecule has 0 aromatic heterocycles. The molecule has 6 heteroatoms. The van der Waals surface area contributed by atoms with Gasteiger partial charge in [-0.25, -0.2) is 8.42 Å². The Hall–Kier alpha value is -2.34. The zero-order valence-corrected chi connectivity index (χ0v) is 18.8. The van der Waals surface area contributed by atoms with E-state index in [2.05, 4.69) is 17.4 Å². The van der Waals surface area contributed by atoms with Crippen LogP contribution in [0.2, 0.25) is 0 Å². The molecule has 4 aliphatic rings. The minimum atomic E-state index is -3.57. The molecule has 164 valence electrons. The quantitative estimate of drug-likeness (QED) is 0.719. The second kappa shape index (κ2) is 7.66. The van der Waals surface area contributed by atoms with Crippen molar-refractivity contribution in [2.45, 2.75) is 43.9 Å². The first-order chi connectivity index (χ1) is 14.8. The number of nitrogens with one attached hydrogen (secondary N) is 1. The summed E-state index contributed by atoms with van der Waals surface area (Å²) < 4.78 is 25.6. The van der Waals surface area contributed by atoms with Crippen molar-refractivity contribution in [2.75, 3.05) is 22.4 Å². The molecule has 0 atom stereocenters. The Labute approximate surface area is 184 Å². The molecule has 0 heterocycles. The maximum absolute atomic E-state index is 12.6. The Balaban J connectivity index is 1.28. The van der Waals surface area contributed by atoms with E-state index in [1.54, 1.807) is 24.3 Å². The zero-order valence-electron chi connectivity index (χ0n) is 18.0. The van der Waals surface area contributed by atoms with Crippen LogP contribution in [0.4, 0.5) is 11.4 Å². The monoisotopic (exact) mass is 438 g/mol. The van der Waals surface area contributed by atoms with Crippen LogP contribution in [-0.4, -0.2) is 27.1 Å². The molecule has 2 aromatic carbocycles. The van der Waals surface area contributed by atoms with Gasteiger partial charge in [-0.2, -0.15) is 0 Å². The molecule has 5 nitrogen and oxygen atoms in total. The fourth-order valence-corrected chi connectivity index (χ4v) is 7.55. The maximum atomic E-state index is 12.6. The van der Waals surface area contributed by atoms with Crippen LogP contribution in [0.5, 0.6) is 0 Å². The first-order valence-corrected chi connectivity index (χ1v) is 13.1. The minimum absolute atomic E-state index is 0.250. The van der Waals surface area contributed by atoms with Gasteiger partial charge in [-0.05, 0) is 91.5 Å². The van der Waals surface area contributed by atoms with Gasteiger partial charge in [-0.15, -0.1) is 0 Å². The average molecular weight is 439 g/mol. The third-order valence-corrected chi connectivity index (χ3v) is 8.69. The van der Waals surface area contributed by atoms with E-state index in [1.165, 1.54) is 44.1 Å². The first-order valence-electron chi connectivity index (χ1n) is 11.2. The van der Waals surface area contributed by atoms with Crippen molar-refractivity contribution in [2.24, 2.45) is 17.8 Å². The normalized spacial score (nSPS) is 29.0. The van der Waals surface area contributed by atoms with Crippen molar-refractivity contribution in [3.05, 3.63) is 60.2 Å². The van der Waals surface area contributed by atoms with Gasteiger partial charge >= 0.3 is 0 Å². The van der Waals surface area contributed by atoms with Crippen LogP contribution in [0.15, 0.2) is 54.6 Å². The summed E-state index contributed by atoms with van der Waals surface area (Å²) in [6.07, 6.45) is 9.32. The zero-order chi connectivity index (χ0) is 21.6. The molecule has 4 aliphatic carbocycles. The van der Waals surface area contributed by atoms with Gasteiger partial charge in [0.1, 0.15) is 6.54 Å². The summed E-state index contributed by atoms with van der Waals surface area (Å²) in [6, 6.07) is 17.0. The van der Waals surface area contributed by atoms with Gasteiger partial charge in [0.25, 0.3) is 0 Å². The Morgan fingerprint density at radius 2 is 1.48 bits per heavy atom. The predicted octanol–water partition coefficient (Wildman–Crippen LogP) is 4.56. The predicted molar refractivity (Wildman–Crippen MR) is 124 cm³/mol. The van der Waals surface area contributed by atoms with E-state index in [9.17, 15) is 13.2 Å². The van der Waals surface area contributed by atoms with Crippen molar-refractivity contribution in [3.8, 4) is 0 Å². The number of para-hydroxylation sites is 1. The molecule has 1 N–H and O–H groups in total. The SMILES string of the molecule is CS(=O)(=O)N(CC(=O)Nc1ccc(C23CC4CC(CC(C4)C2)C3)cc1)c1ccccc1. The van der Waals surface area contributed by atoms with Gasteiger partial charge in [0, 0.05) is 5.69 Å². The standard InChI is InChI=1S/C25H30N2O3S/c1-31(29,30)27(23-5-3-2-4-6-23)17-24(28)26-22-9-7-21(8-10-22)25-14-18-11-19(15-25)13-20(12-18)16-25/h2-10,18-20H,11-17H2,1H3,(H,26,28). The summed E-state index contributed by atoms with van der Waals surface area (Å²) in [5.41, 5.74) is 2.93. The Bertz CT molecular complexity index is 1030. The molecule has 0 saturated heterocycles. The second-order valence-electron chi connectivity index (χ2n) is 9.93. The van der Waals surface area contributed by atoms with Gasteiger partial charge in [-0.3, -0.25) is 9.10 Å². The van der Waals surface area contributed by atoms with Gasteiger partial charge in [0.15, 0.2) is 0 Å². The van der Waals surface area contributed by atoms with E-state index in [0.29, 0.717) is 16.8 Å². The molecule has 4 fully saturated rings. The van der Waals surface area contributed by atoms with Gasteiger partial charge in [0.05, 0.1) is 11.9 Å². The summed E-state index contributed by atoms with van der Waals surface area (Å²) in [5, 5.41) is 2.87. The lowest BCUT2D eigenvalue weighted by Crippen LogP contribution is -2.48. The highest BCUT2D eigenvalue weighted by Crippen LogP contribution is 2.60. The molecule has 4 bridgehead atoms. The number of carbonyl (C=O) groups excluding carboxylic acids is 1. The molecule has 31 heavy (non-hydrogen) atoms. The smallest absolute Gasteiger partial charge is 0.245 e. The fourth-order valence-electron chi connectivity index (χ4n) is 6.70. The molecule has 0 radical (unpaired) electrons. The molecule has 2 aromatic rings. The van der Waals surface area contributed by atoms with Crippen molar-refractivity contribution < 1.29 is 13.2 Å². The number of amides is 1. The van der Waals surface area contributed by atoms with Gasteiger partial charge in [-0.1, -0.05) is 30.3 Å². The van der Waals surface area contributed by atoms with Crippen LogP contribution in [0.3, 0.4) is 0 Å². The molecule has 0 aliphatic heterocycles. The molecule has 6 rings (SSSR count). The summed E-state index contributed by atoms with van der Waals surface area (Å²) in [7, 11) is -3.57. The van der Waals surface area contributed by atoms with Crippen molar-refractivity contribution in [1.29, 1.82) is 0 Å². The topological polar surface area (TPSA) is 66.5 Å². The van der Waals surface area contributed by atoms with Crippen LogP contribution in [0.25, 0.3) is 0 Å². The van der Waals surface area contributed by atoms with Crippen LogP contribution >= 0.6 is 0 Å². The van der Waals surface area contributed by atoms with Crippen LogP contribution in [-0.2, 0) is 20.2 Å². The van der Waals surface area contributed by atoms with E-state index < -0.39 is 10.0 Å². The second-order valence-corrected chi connectivity index (χ2v) is 11.8. The summed E-state index contributed by atoms with van der Waals surface area (Å²) in [4.78, 5) is 12.6. The molecule has 1 amide bonds. The number of anilines is 2. The fraction of sp³-hybridized carbons (Fsp3) is 0.480. The Morgan fingerprint density at radius 3 is 2.00 bits per heavy atom. The molecule has 4 saturated carbocycles. The van der Waals surface area contributed by atoms with Crippen LogP contribution in [0, 0.1) is 17.8 Å². The van der Waals surface area contributed by atoms with Crippen LogP contribution < -0.4 is 9.62 Å². The van der Waals surface area contributed by atoms with Gasteiger partial charge in [0.2, 0.25) is 15.9 Å². The average Bonchev–Trinajstić information content (AvgIpc) is 2.71. The maximum Gasteiger partial charge on any atom is 0.245 e. The Morgan fingerprint density at radius 1 is 0.935 bits per heavy atom. The number of hydrogen-bond acceptors (Lipinski definition) is 3. The summed E-state index contributed by atoms with van der Waals surface area (Å²) in [5.74, 6) is 2.33. The summed E-state index contributed by atoms with van der Waals surface area (Å²) in [6.45, 7) is -0.250. The molecule has 0 unspecified atom stereocenters. The third-order valence-electron chi connectivity index (χ3n) is 7.55. The van der Waals surface area contributed by atoms with E-state index >= 15 is 0 Å². The lowest BCUT2D eigenvalue weighted by atomic mass is 9.48.